The molecule has 1 aromatic carbocycles. The fraction of sp³-hybridized carbons (Fsp3) is 0.231. The van der Waals surface area contributed by atoms with Gasteiger partial charge in [-0.2, -0.15) is 0 Å². The summed E-state index contributed by atoms with van der Waals surface area (Å²) in [4.78, 5) is 17.7. The van der Waals surface area contributed by atoms with Gasteiger partial charge in [-0.05, 0) is 18.2 Å². The highest BCUT2D eigenvalue weighted by Crippen LogP contribution is 2.25. The van der Waals surface area contributed by atoms with Crippen molar-refractivity contribution in [3.8, 4) is 0 Å². The summed E-state index contributed by atoms with van der Waals surface area (Å²) in [6.07, 6.45) is 0.916. The molecule has 4 nitrogen and oxygen atoms in total. The van der Waals surface area contributed by atoms with E-state index in [1.54, 1.807) is 24.3 Å². The van der Waals surface area contributed by atoms with Gasteiger partial charge in [-0.25, -0.2) is 4.98 Å². The zero-order valence-corrected chi connectivity index (χ0v) is 11.6. The molecule has 0 saturated carbocycles. The van der Waals surface area contributed by atoms with E-state index in [4.69, 9.17) is 11.6 Å². The molecule has 2 N–H and O–H groups in total. The van der Waals surface area contributed by atoms with E-state index < -0.39 is 0 Å². The third-order valence-electron chi connectivity index (χ3n) is 2.91. The molecule has 1 aliphatic rings. The minimum atomic E-state index is -0.179. The molecule has 98 valence electrons. The van der Waals surface area contributed by atoms with Crippen LogP contribution in [0.1, 0.15) is 20.9 Å². The zero-order chi connectivity index (χ0) is 13.2. The number of fused-ring (bicyclic) bond motifs is 1. The quantitative estimate of drug-likeness (QED) is 0.895. The fourth-order valence-corrected chi connectivity index (χ4v) is 3.14. The molecule has 0 saturated heterocycles. The first-order valence-corrected chi connectivity index (χ1v) is 7.18. The Morgan fingerprint density at radius 3 is 3.16 bits per heavy atom. The summed E-state index contributed by atoms with van der Waals surface area (Å²) < 4.78 is 0. The van der Waals surface area contributed by atoms with Crippen LogP contribution in [0.25, 0.3) is 0 Å². The van der Waals surface area contributed by atoms with Gasteiger partial charge in [0.05, 0.1) is 5.69 Å². The largest absolute Gasteiger partial charge is 0.311 e. The van der Waals surface area contributed by atoms with Crippen LogP contribution in [0, 0.1) is 0 Å². The van der Waals surface area contributed by atoms with E-state index in [0.29, 0.717) is 15.7 Å². The summed E-state index contributed by atoms with van der Waals surface area (Å²) in [6, 6.07) is 6.88. The third-order valence-corrected chi connectivity index (χ3v) is 4.16. The van der Waals surface area contributed by atoms with Crippen LogP contribution in [0.5, 0.6) is 0 Å². The van der Waals surface area contributed by atoms with Gasteiger partial charge < -0.3 is 5.32 Å². The van der Waals surface area contributed by atoms with E-state index in [2.05, 4.69) is 15.6 Å². The van der Waals surface area contributed by atoms with Gasteiger partial charge in [0, 0.05) is 35.0 Å². The molecule has 1 amide bonds. The maximum Gasteiger partial charge on any atom is 0.257 e. The first kappa shape index (κ1) is 12.6. The molecular weight excluding hydrogens is 282 g/mol. The van der Waals surface area contributed by atoms with Crippen molar-refractivity contribution in [1.82, 2.24) is 10.3 Å². The van der Waals surface area contributed by atoms with Gasteiger partial charge >= 0.3 is 0 Å². The average Bonchev–Trinajstić information content (AvgIpc) is 2.80. The highest BCUT2D eigenvalue weighted by molar-refractivity contribution is 7.15. The van der Waals surface area contributed by atoms with Crippen LogP contribution < -0.4 is 10.6 Å². The Morgan fingerprint density at radius 2 is 2.37 bits per heavy atom. The second kappa shape index (κ2) is 5.28. The molecule has 19 heavy (non-hydrogen) atoms. The highest BCUT2D eigenvalue weighted by Gasteiger charge is 2.16. The number of anilines is 1. The van der Waals surface area contributed by atoms with Crippen LogP contribution in [0.2, 0.25) is 5.02 Å². The normalized spacial score (nSPS) is 13.9. The number of hydrogen-bond acceptors (Lipinski definition) is 4. The van der Waals surface area contributed by atoms with E-state index >= 15 is 0 Å². The number of carbonyl (C=O) groups excluding carboxylic acids is 1. The van der Waals surface area contributed by atoms with Crippen LogP contribution in [0.3, 0.4) is 0 Å². The summed E-state index contributed by atoms with van der Waals surface area (Å²) in [5.41, 5.74) is 1.63. The van der Waals surface area contributed by atoms with E-state index in [-0.39, 0.29) is 5.91 Å². The number of aromatic nitrogens is 1. The van der Waals surface area contributed by atoms with Gasteiger partial charge in [-0.15, -0.1) is 11.3 Å². The van der Waals surface area contributed by atoms with Crippen molar-refractivity contribution in [2.75, 3.05) is 11.9 Å². The molecule has 2 aromatic rings. The van der Waals surface area contributed by atoms with Crippen molar-refractivity contribution in [3.05, 3.63) is 45.4 Å². The molecule has 0 aliphatic carbocycles. The van der Waals surface area contributed by atoms with Crippen LogP contribution in [0.15, 0.2) is 24.3 Å². The van der Waals surface area contributed by atoms with Crippen molar-refractivity contribution in [1.29, 1.82) is 0 Å². The molecule has 1 aromatic heterocycles. The van der Waals surface area contributed by atoms with Crippen molar-refractivity contribution in [3.63, 3.8) is 0 Å². The van der Waals surface area contributed by atoms with Gasteiger partial charge in [0.15, 0.2) is 5.13 Å². The minimum absolute atomic E-state index is 0.179. The minimum Gasteiger partial charge on any atom is -0.311 e. The molecule has 0 radical (unpaired) electrons. The van der Waals surface area contributed by atoms with E-state index in [9.17, 15) is 4.79 Å². The van der Waals surface area contributed by atoms with Crippen LogP contribution in [-0.4, -0.2) is 17.4 Å². The number of rotatable bonds is 2. The second-order valence-electron chi connectivity index (χ2n) is 4.28. The lowest BCUT2D eigenvalue weighted by atomic mass is 10.2. The molecule has 0 fully saturated rings. The lowest BCUT2D eigenvalue weighted by molar-refractivity contribution is 0.102. The van der Waals surface area contributed by atoms with Gasteiger partial charge in [-0.1, -0.05) is 17.7 Å². The SMILES string of the molecule is O=C(Nc1nc2c(s1)CNCC2)c1cccc(Cl)c1. The van der Waals surface area contributed by atoms with Gasteiger partial charge in [0.25, 0.3) is 5.91 Å². The first-order chi connectivity index (χ1) is 9.22. The summed E-state index contributed by atoms with van der Waals surface area (Å²) in [5, 5.41) is 7.31. The smallest absolute Gasteiger partial charge is 0.257 e. The van der Waals surface area contributed by atoms with Gasteiger partial charge in [-0.3, -0.25) is 10.1 Å². The Bertz CT molecular complexity index is 603. The van der Waals surface area contributed by atoms with Gasteiger partial charge in [0.2, 0.25) is 0 Å². The molecule has 2 heterocycles. The molecule has 0 atom stereocenters. The number of hydrogen-bond donors (Lipinski definition) is 2. The van der Waals surface area contributed by atoms with Crippen molar-refractivity contribution < 1.29 is 4.79 Å². The fourth-order valence-electron chi connectivity index (χ4n) is 1.98. The summed E-state index contributed by atoms with van der Waals surface area (Å²) in [6.45, 7) is 1.78. The van der Waals surface area contributed by atoms with E-state index in [1.165, 1.54) is 16.2 Å². The lowest BCUT2D eigenvalue weighted by Gasteiger charge is -2.09. The highest BCUT2D eigenvalue weighted by atomic mass is 35.5. The molecule has 1 aliphatic heterocycles. The zero-order valence-electron chi connectivity index (χ0n) is 10.1. The average molecular weight is 294 g/mol. The number of thiazole rings is 1. The van der Waals surface area contributed by atoms with Crippen molar-refractivity contribution >= 4 is 34.0 Å². The predicted molar refractivity (Wildman–Crippen MR) is 76.9 cm³/mol. The lowest BCUT2D eigenvalue weighted by Crippen LogP contribution is -2.22. The maximum atomic E-state index is 12.1. The molecular formula is C13H12ClN3OS. The molecule has 0 bridgehead atoms. The first-order valence-electron chi connectivity index (χ1n) is 5.98. The number of nitrogens with one attached hydrogen (secondary N) is 2. The summed E-state index contributed by atoms with van der Waals surface area (Å²) in [7, 11) is 0. The Kier molecular flexibility index (Phi) is 3.50. The summed E-state index contributed by atoms with van der Waals surface area (Å²) in [5.74, 6) is -0.179. The topological polar surface area (TPSA) is 54.0 Å². The van der Waals surface area contributed by atoms with Crippen LogP contribution >= 0.6 is 22.9 Å². The second-order valence-corrected chi connectivity index (χ2v) is 5.80. The number of halogens is 1. The van der Waals surface area contributed by atoms with Gasteiger partial charge in [0.1, 0.15) is 0 Å². The number of carbonyl (C=O) groups is 1. The Labute approximate surface area is 119 Å². The van der Waals surface area contributed by atoms with Crippen LogP contribution in [-0.2, 0) is 13.0 Å². The number of benzene rings is 1. The maximum absolute atomic E-state index is 12.1. The van der Waals surface area contributed by atoms with E-state index in [1.807, 2.05) is 0 Å². The number of amides is 1. The Morgan fingerprint density at radius 1 is 1.47 bits per heavy atom. The van der Waals surface area contributed by atoms with Crippen LogP contribution in [0.4, 0.5) is 5.13 Å². The predicted octanol–water partition coefficient (Wildman–Crippen LogP) is 2.69. The standard InChI is InChI=1S/C13H12ClN3OS/c14-9-3-1-2-8(6-9)12(18)17-13-16-10-4-5-15-7-11(10)19-13/h1-3,6,15H,4-5,7H2,(H,16,17,18). The molecule has 3 rings (SSSR count). The molecule has 6 heteroatoms. The third kappa shape index (κ3) is 2.78. The van der Waals surface area contributed by atoms with E-state index in [0.717, 1.165) is 25.2 Å². The van der Waals surface area contributed by atoms with Crippen molar-refractivity contribution in [2.24, 2.45) is 0 Å². The number of nitrogens with zero attached hydrogens (tertiary/aromatic N) is 1. The Hall–Kier alpha value is -1.43. The Balaban J connectivity index is 1.77. The summed E-state index contributed by atoms with van der Waals surface area (Å²) >= 11 is 7.40. The molecule has 0 spiro atoms. The molecule has 0 unspecified atom stereocenters. The monoisotopic (exact) mass is 293 g/mol. The van der Waals surface area contributed by atoms with Crippen molar-refractivity contribution in [2.45, 2.75) is 13.0 Å².